The van der Waals surface area contributed by atoms with Crippen LogP contribution in [-0.2, 0) is 0 Å². The van der Waals surface area contributed by atoms with E-state index in [1.165, 1.54) is 44.9 Å². The highest BCUT2D eigenvalue weighted by Gasteiger charge is 2.35. The van der Waals surface area contributed by atoms with Crippen LogP contribution in [-0.4, -0.2) is 0 Å². The Morgan fingerprint density at radius 2 is 2.07 bits per heavy atom. The largest absolute Gasteiger partial charge is 0.0996 e. The van der Waals surface area contributed by atoms with E-state index in [-0.39, 0.29) is 0 Å². The fourth-order valence-corrected chi connectivity index (χ4v) is 3.61. The number of hydrogen-bond acceptors (Lipinski definition) is 0. The van der Waals surface area contributed by atoms with Gasteiger partial charge in [-0.2, -0.15) is 0 Å². The predicted octanol–water partition coefficient (Wildman–Crippen LogP) is 4.81. The van der Waals surface area contributed by atoms with Gasteiger partial charge in [0.15, 0.2) is 0 Å². The van der Waals surface area contributed by atoms with Crippen LogP contribution >= 0.6 is 0 Å². The minimum atomic E-state index is 0.890. The molecule has 0 radical (unpaired) electrons. The Bertz CT molecular complexity index is 226. The van der Waals surface area contributed by atoms with Crippen molar-refractivity contribution in [2.45, 2.75) is 58.8 Å². The highest BCUT2D eigenvalue weighted by molar-refractivity contribution is 5.10. The number of fused-ring (bicyclic) bond motifs is 1. The summed E-state index contributed by atoms with van der Waals surface area (Å²) in [6.45, 7) is 8.94. The van der Waals surface area contributed by atoms with Gasteiger partial charge < -0.3 is 0 Å². The molecule has 2 saturated carbocycles. The number of rotatable bonds is 3. The summed E-state index contributed by atoms with van der Waals surface area (Å²) in [4.78, 5) is 0. The molecule has 0 aromatic heterocycles. The van der Waals surface area contributed by atoms with Gasteiger partial charge in [0.25, 0.3) is 0 Å². The van der Waals surface area contributed by atoms with E-state index in [0.29, 0.717) is 0 Å². The molecule has 0 spiro atoms. The van der Waals surface area contributed by atoms with Crippen molar-refractivity contribution in [2.24, 2.45) is 23.7 Å². The highest BCUT2D eigenvalue weighted by Crippen LogP contribution is 2.47. The molecule has 0 saturated heterocycles. The molecule has 15 heavy (non-hydrogen) atoms. The van der Waals surface area contributed by atoms with Crippen LogP contribution in [0.15, 0.2) is 12.2 Å². The molecule has 3 atom stereocenters. The van der Waals surface area contributed by atoms with Gasteiger partial charge in [0.05, 0.1) is 0 Å². The van der Waals surface area contributed by atoms with Crippen LogP contribution in [0.5, 0.6) is 0 Å². The van der Waals surface area contributed by atoms with Gasteiger partial charge in [-0.25, -0.2) is 0 Å². The molecule has 2 rings (SSSR count). The summed E-state index contributed by atoms with van der Waals surface area (Å²) in [5, 5.41) is 0. The lowest BCUT2D eigenvalue weighted by Crippen LogP contribution is -2.21. The SMILES string of the molecule is C=C1CCC2CC(CCC(C)C)CCC12. The van der Waals surface area contributed by atoms with E-state index >= 15 is 0 Å². The average Bonchev–Trinajstić information content (AvgIpc) is 2.57. The molecule has 0 heterocycles. The fraction of sp³-hybridized carbons (Fsp3) is 0.867. The van der Waals surface area contributed by atoms with Gasteiger partial charge in [-0.05, 0) is 55.8 Å². The molecule has 0 N–H and O–H groups in total. The molecule has 86 valence electrons. The molecule has 2 aliphatic carbocycles. The van der Waals surface area contributed by atoms with Crippen molar-refractivity contribution in [3.63, 3.8) is 0 Å². The second kappa shape index (κ2) is 4.72. The summed E-state index contributed by atoms with van der Waals surface area (Å²) in [5.41, 5.74) is 1.57. The van der Waals surface area contributed by atoms with Gasteiger partial charge in [-0.15, -0.1) is 0 Å². The van der Waals surface area contributed by atoms with Crippen molar-refractivity contribution in [2.75, 3.05) is 0 Å². The number of hydrogen-bond donors (Lipinski definition) is 0. The summed E-state index contributed by atoms with van der Waals surface area (Å²) in [6, 6.07) is 0. The van der Waals surface area contributed by atoms with Gasteiger partial charge in [-0.3, -0.25) is 0 Å². The molecule has 0 heteroatoms. The maximum absolute atomic E-state index is 4.24. The van der Waals surface area contributed by atoms with Crippen molar-refractivity contribution in [3.8, 4) is 0 Å². The molecule has 0 aromatic rings. The molecule has 0 amide bonds. The van der Waals surface area contributed by atoms with Crippen molar-refractivity contribution in [1.29, 1.82) is 0 Å². The summed E-state index contributed by atoms with van der Waals surface area (Å²) < 4.78 is 0. The monoisotopic (exact) mass is 206 g/mol. The van der Waals surface area contributed by atoms with Crippen LogP contribution in [0.25, 0.3) is 0 Å². The molecular formula is C15H26. The van der Waals surface area contributed by atoms with Crippen LogP contribution < -0.4 is 0 Å². The molecule has 2 fully saturated rings. The molecular weight excluding hydrogens is 180 g/mol. The Morgan fingerprint density at radius 3 is 2.80 bits per heavy atom. The predicted molar refractivity (Wildman–Crippen MR) is 66.8 cm³/mol. The minimum absolute atomic E-state index is 0.890. The zero-order valence-corrected chi connectivity index (χ0v) is 10.5. The minimum Gasteiger partial charge on any atom is -0.0996 e. The second-order valence-corrected chi connectivity index (χ2v) is 6.21. The van der Waals surface area contributed by atoms with E-state index in [1.54, 1.807) is 5.57 Å². The molecule has 3 unspecified atom stereocenters. The summed E-state index contributed by atoms with van der Waals surface area (Å²) in [6.07, 6.45) is 10.1. The maximum atomic E-state index is 4.24. The summed E-state index contributed by atoms with van der Waals surface area (Å²) in [5.74, 6) is 3.87. The van der Waals surface area contributed by atoms with Gasteiger partial charge in [0, 0.05) is 0 Å². The van der Waals surface area contributed by atoms with E-state index in [0.717, 1.165) is 23.7 Å². The third-order valence-corrected chi connectivity index (χ3v) is 4.60. The zero-order valence-electron chi connectivity index (χ0n) is 10.5. The Labute approximate surface area is 95.1 Å². The van der Waals surface area contributed by atoms with Crippen LogP contribution in [0.3, 0.4) is 0 Å². The van der Waals surface area contributed by atoms with E-state index < -0.39 is 0 Å². The van der Waals surface area contributed by atoms with Crippen molar-refractivity contribution in [1.82, 2.24) is 0 Å². The van der Waals surface area contributed by atoms with E-state index in [9.17, 15) is 0 Å². The first-order valence-corrected chi connectivity index (χ1v) is 6.84. The van der Waals surface area contributed by atoms with E-state index in [1.807, 2.05) is 0 Å². The lowest BCUT2D eigenvalue weighted by atomic mass is 9.73. The fourth-order valence-electron chi connectivity index (χ4n) is 3.61. The van der Waals surface area contributed by atoms with Gasteiger partial charge in [0.1, 0.15) is 0 Å². The average molecular weight is 206 g/mol. The molecule has 0 aliphatic heterocycles. The third kappa shape index (κ3) is 2.65. The highest BCUT2D eigenvalue weighted by atomic mass is 14.4. The Morgan fingerprint density at radius 1 is 1.27 bits per heavy atom. The van der Waals surface area contributed by atoms with Crippen molar-refractivity contribution < 1.29 is 0 Å². The van der Waals surface area contributed by atoms with Gasteiger partial charge in [-0.1, -0.05) is 38.8 Å². The smallest absolute Gasteiger partial charge is 0.0177 e. The van der Waals surface area contributed by atoms with Gasteiger partial charge in [0.2, 0.25) is 0 Å². The summed E-state index contributed by atoms with van der Waals surface area (Å²) >= 11 is 0. The topological polar surface area (TPSA) is 0 Å². The molecule has 0 bridgehead atoms. The van der Waals surface area contributed by atoms with Crippen molar-refractivity contribution >= 4 is 0 Å². The second-order valence-electron chi connectivity index (χ2n) is 6.21. The van der Waals surface area contributed by atoms with Crippen LogP contribution in [0.1, 0.15) is 58.8 Å². The molecule has 2 aliphatic rings. The Balaban J connectivity index is 1.80. The van der Waals surface area contributed by atoms with Crippen LogP contribution in [0.2, 0.25) is 0 Å². The van der Waals surface area contributed by atoms with Crippen LogP contribution in [0, 0.1) is 23.7 Å². The lowest BCUT2D eigenvalue weighted by molar-refractivity contribution is 0.209. The number of allylic oxidation sites excluding steroid dienone is 1. The van der Waals surface area contributed by atoms with Crippen LogP contribution in [0.4, 0.5) is 0 Å². The third-order valence-electron chi connectivity index (χ3n) is 4.60. The Hall–Kier alpha value is -0.260. The zero-order chi connectivity index (χ0) is 10.8. The summed E-state index contributed by atoms with van der Waals surface area (Å²) in [7, 11) is 0. The first kappa shape index (κ1) is 11.2. The quantitative estimate of drug-likeness (QED) is 0.582. The molecule has 0 nitrogen and oxygen atoms in total. The maximum Gasteiger partial charge on any atom is -0.0177 e. The standard InChI is InChI=1S/C15H26/c1-11(2)4-6-13-7-9-15-12(3)5-8-14(15)10-13/h11,13-15H,3-10H2,1-2H3. The van der Waals surface area contributed by atoms with E-state index in [2.05, 4.69) is 20.4 Å². The first-order chi connectivity index (χ1) is 7.16. The lowest BCUT2D eigenvalue weighted by Gasteiger charge is -2.32. The normalized spacial score (nSPS) is 35.9. The first-order valence-electron chi connectivity index (χ1n) is 6.84. The molecule has 0 aromatic carbocycles. The van der Waals surface area contributed by atoms with E-state index in [4.69, 9.17) is 0 Å². The van der Waals surface area contributed by atoms with Crippen molar-refractivity contribution in [3.05, 3.63) is 12.2 Å². The van der Waals surface area contributed by atoms with Gasteiger partial charge >= 0.3 is 0 Å². The Kier molecular flexibility index (Phi) is 3.53.